The van der Waals surface area contributed by atoms with Crippen LogP contribution in [0.15, 0.2) is 28.4 Å². The van der Waals surface area contributed by atoms with E-state index >= 15 is 0 Å². The van der Waals surface area contributed by atoms with Gasteiger partial charge in [0, 0.05) is 55.2 Å². The normalized spacial score (nSPS) is 20.5. The second-order valence-corrected chi connectivity index (χ2v) is 10.3. The molecule has 2 aromatic rings. The Morgan fingerprint density at radius 2 is 2.12 bits per heavy atom. The van der Waals surface area contributed by atoms with Crippen LogP contribution in [0.5, 0.6) is 5.75 Å². The van der Waals surface area contributed by atoms with Crippen LogP contribution in [0.3, 0.4) is 0 Å². The topological polar surface area (TPSA) is 89.9 Å². The lowest BCUT2D eigenvalue weighted by Gasteiger charge is -2.34. The van der Waals surface area contributed by atoms with Gasteiger partial charge in [-0.2, -0.15) is 0 Å². The van der Waals surface area contributed by atoms with Gasteiger partial charge in [0.1, 0.15) is 11.3 Å². The lowest BCUT2D eigenvalue weighted by molar-refractivity contribution is -0.141. The Labute approximate surface area is 203 Å². The summed E-state index contributed by atoms with van der Waals surface area (Å²) < 4.78 is 12.9. The summed E-state index contributed by atoms with van der Waals surface area (Å²) in [4.78, 5) is 42.3. The Morgan fingerprint density at radius 3 is 2.82 bits per heavy atom. The van der Waals surface area contributed by atoms with Crippen LogP contribution in [0.1, 0.15) is 47.6 Å². The Morgan fingerprint density at radius 1 is 1.29 bits per heavy atom. The fraction of sp³-hybridized carbons (Fsp3) is 0.560. The number of methoxy groups -OCH3 is 1. The van der Waals surface area contributed by atoms with Crippen molar-refractivity contribution < 1.29 is 19.1 Å². The first kappa shape index (κ1) is 24.5. The van der Waals surface area contributed by atoms with Gasteiger partial charge in [-0.1, -0.05) is 19.9 Å². The minimum absolute atomic E-state index is 0.0674. The zero-order valence-electron chi connectivity index (χ0n) is 20.0. The van der Waals surface area contributed by atoms with Crippen molar-refractivity contribution in [2.24, 2.45) is 11.8 Å². The average Bonchev–Trinajstić information content (AvgIpc) is 3.26. The van der Waals surface area contributed by atoms with E-state index < -0.39 is 0 Å². The molecule has 0 unspecified atom stereocenters. The number of carbonyl (C=O) groups is 2. The molecule has 34 heavy (non-hydrogen) atoms. The first-order valence-corrected chi connectivity index (χ1v) is 12.8. The Kier molecular flexibility index (Phi) is 7.73. The maximum absolute atomic E-state index is 13.4. The number of aromatic nitrogens is 1. The van der Waals surface area contributed by atoms with Crippen LogP contribution in [0.25, 0.3) is 0 Å². The van der Waals surface area contributed by atoms with Crippen LogP contribution in [0.2, 0.25) is 0 Å². The van der Waals surface area contributed by atoms with E-state index in [2.05, 4.69) is 19.2 Å². The highest BCUT2D eigenvalue weighted by molar-refractivity contribution is 7.09. The van der Waals surface area contributed by atoms with Crippen molar-refractivity contribution in [2.75, 3.05) is 26.8 Å². The summed E-state index contributed by atoms with van der Waals surface area (Å²) in [5.41, 5.74) is 0.774. The van der Waals surface area contributed by atoms with E-state index in [4.69, 9.17) is 9.47 Å². The van der Waals surface area contributed by atoms with Crippen molar-refractivity contribution in [3.63, 3.8) is 0 Å². The van der Waals surface area contributed by atoms with Crippen LogP contribution in [0, 0.1) is 11.8 Å². The fourth-order valence-corrected chi connectivity index (χ4v) is 5.46. The largest absolute Gasteiger partial charge is 0.496 e. The second-order valence-electron chi connectivity index (χ2n) is 9.24. The van der Waals surface area contributed by atoms with Crippen molar-refractivity contribution in [3.05, 3.63) is 50.1 Å². The first-order chi connectivity index (χ1) is 16.4. The number of hydrogen-bond donors (Lipinski definition) is 1. The molecule has 0 saturated carbocycles. The van der Waals surface area contributed by atoms with Gasteiger partial charge in [0.2, 0.25) is 5.91 Å². The first-order valence-electron chi connectivity index (χ1n) is 11.9. The monoisotopic (exact) mass is 487 g/mol. The van der Waals surface area contributed by atoms with Gasteiger partial charge >= 0.3 is 0 Å². The fourth-order valence-electron chi connectivity index (χ4n) is 4.82. The number of ether oxygens (including phenoxy) is 2. The summed E-state index contributed by atoms with van der Waals surface area (Å²) in [5, 5.41) is 4.91. The third-order valence-electron chi connectivity index (χ3n) is 6.76. The highest BCUT2D eigenvalue weighted by atomic mass is 32.1. The molecule has 0 aliphatic carbocycles. The summed E-state index contributed by atoms with van der Waals surface area (Å²) in [5.74, 6) is 0.403. The molecule has 9 heteroatoms. The Hall–Kier alpha value is -2.65. The molecule has 2 amide bonds. The summed E-state index contributed by atoms with van der Waals surface area (Å²) in [6.45, 7) is 6.49. The summed E-state index contributed by atoms with van der Waals surface area (Å²) >= 11 is 1.57. The minimum atomic E-state index is -0.280. The number of nitrogens with zero attached hydrogens (tertiary/aromatic N) is 2. The molecule has 1 saturated heterocycles. The number of fused-ring (bicyclic) bond motifs is 1. The van der Waals surface area contributed by atoms with E-state index in [0.29, 0.717) is 56.4 Å². The van der Waals surface area contributed by atoms with Gasteiger partial charge in [-0.3, -0.25) is 14.4 Å². The van der Waals surface area contributed by atoms with Gasteiger partial charge in [0.15, 0.2) is 0 Å². The number of carbonyl (C=O) groups excluding carboxylic acids is 2. The predicted octanol–water partition coefficient (Wildman–Crippen LogP) is 2.68. The van der Waals surface area contributed by atoms with Crippen molar-refractivity contribution in [1.29, 1.82) is 0 Å². The third-order valence-corrected chi connectivity index (χ3v) is 7.64. The van der Waals surface area contributed by atoms with Crippen LogP contribution in [-0.4, -0.2) is 54.2 Å². The van der Waals surface area contributed by atoms with E-state index in [1.807, 2.05) is 22.4 Å². The number of rotatable bonds is 6. The second kappa shape index (κ2) is 10.7. The molecule has 4 rings (SSSR count). The molecule has 2 aliphatic rings. The van der Waals surface area contributed by atoms with Gasteiger partial charge in [0.25, 0.3) is 11.5 Å². The van der Waals surface area contributed by atoms with Crippen LogP contribution < -0.4 is 15.6 Å². The SMILES string of the molecule is COc1cc(=O)n2c(c1C(=O)NCc1cccs1)CCN(C(=O)[C@@H]1CCO[C@@H](C(C)C)C1)CC2. The van der Waals surface area contributed by atoms with Crippen LogP contribution in [0.4, 0.5) is 0 Å². The smallest absolute Gasteiger partial charge is 0.257 e. The molecule has 2 aliphatic heterocycles. The maximum Gasteiger partial charge on any atom is 0.257 e. The molecule has 0 aromatic carbocycles. The molecule has 0 bridgehead atoms. The van der Waals surface area contributed by atoms with Gasteiger partial charge in [-0.15, -0.1) is 11.3 Å². The Bertz CT molecular complexity index is 1080. The van der Waals surface area contributed by atoms with E-state index in [1.165, 1.54) is 13.2 Å². The number of nitrogens with one attached hydrogen (secondary N) is 1. The standard InChI is InChI=1S/C25H33N3O5S/c1-16(2)20-13-17(7-11-33-20)25(31)27-8-6-19-23(24(30)26-15-18-5-4-12-34-18)21(32-3)14-22(29)28(19)10-9-27/h4-5,12,14,16-17,20H,6-11,13,15H2,1-3H3,(H,26,30)/t17-,20-/m1/s1. The average molecular weight is 488 g/mol. The van der Waals surface area contributed by atoms with Crippen molar-refractivity contribution in [3.8, 4) is 5.75 Å². The van der Waals surface area contributed by atoms with E-state index in [9.17, 15) is 14.4 Å². The molecular formula is C25H33N3O5S. The van der Waals surface area contributed by atoms with E-state index in [1.54, 1.807) is 15.9 Å². The van der Waals surface area contributed by atoms with Gasteiger partial charge in [0.05, 0.1) is 19.8 Å². The summed E-state index contributed by atoms with van der Waals surface area (Å²) in [6.07, 6.45) is 1.95. The Balaban J connectivity index is 1.54. The molecule has 8 nitrogen and oxygen atoms in total. The molecule has 2 atom stereocenters. The summed E-state index contributed by atoms with van der Waals surface area (Å²) in [7, 11) is 1.46. The van der Waals surface area contributed by atoms with Crippen molar-refractivity contribution in [2.45, 2.75) is 52.3 Å². The van der Waals surface area contributed by atoms with E-state index in [-0.39, 0.29) is 35.1 Å². The number of amides is 2. The predicted molar refractivity (Wildman–Crippen MR) is 130 cm³/mol. The lowest BCUT2D eigenvalue weighted by Crippen LogP contribution is -2.42. The molecule has 4 heterocycles. The van der Waals surface area contributed by atoms with Gasteiger partial charge < -0.3 is 24.3 Å². The zero-order chi connectivity index (χ0) is 24.2. The molecule has 0 radical (unpaired) electrons. The van der Waals surface area contributed by atoms with E-state index in [0.717, 1.165) is 17.7 Å². The maximum atomic E-state index is 13.4. The third kappa shape index (κ3) is 5.20. The van der Waals surface area contributed by atoms with Crippen LogP contribution in [-0.2, 0) is 29.0 Å². The molecule has 1 fully saturated rings. The molecule has 184 valence electrons. The van der Waals surface area contributed by atoms with Crippen molar-refractivity contribution >= 4 is 23.2 Å². The van der Waals surface area contributed by atoms with Gasteiger partial charge in [-0.05, 0) is 30.2 Å². The molecular weight excluding hydrogens is 454 g/mol. The molecule has 2 aromatic heterocycles. The zero-order valence-corrected chi connectivity index (χ0v) is 20.9. The minimum Gasteiger partial charge on any atom is -0.496 e. The summed E-state index contributed by atoms with van der Waals surface area (Å²) in [6, 6.07) is 5.27. The highest BCUT2D eigenvalue weighted by Gasteiger charge is 2.33. The lowest BCUT2D eigenvalue weighted by atomic mass is 9.89. The molecule has 0 spiro atoms. The van der Waals surface area contributed by atoms with Gasteiger partial charge in [-0.25, -0.2) is 0 Å². The van der Waals surface area contributed by atoms with Crippen molar-refractivity contribution in [1.82, 2.24) is 14.8 Å². The quantitative estimate of drug-likeness (QED) is 0.677. The number of hydrogen-bond acceptors (Lipinski definition) is 6. The highest BCUT2D eigenvalue weighted by Crippen LogP contribution is 2.28. The number of pyridine rings is 1. The van der Waals surface area contributed by atoms with Crippen LogP contribution >= 0.6 is 11.3 Å². The number of thiophene rings is 1. The molecule has 1 N–H and O–H groups in total.